The molecule has 4 N–H and O–H groups in total. The first-order valence-corrected chi connectivity index (χ1v) is 6.38. The van der Waals surface area contributed by atoms with Gasteiger partial charge in [0.15, 0.2) is 0 Å². The van der Waals surface area contributed by atoms with Crippen molar-refractivity contribution in [2.45, 2.75) is 10.8 Å². The van der Waals surface area contributed by atoms with Crippen LogP contribution in [0.25, 0.3) is 0 Å². The number of rotatable bonds is 5. The Morgan fingerprint density at radius 3 is 2.31 bits per heavy atom. The fraction of sp³-hybridized carbons (Fsp3) is 0.400. The van der Waals surface area contributed by atoms with E-state index in [2.05, 4.69) is 4.72 Å². The molecule has 0 aliphatic rings. The van der Waals surface area contributed by atoms with Crippen LogP contribution in [-0.2, 0) is 10.0 Å². The molecule has 6 heteroatoms. The number of benzene rings is 1. The molecule has 0 spiro atoms. The summed E-state index contributed by atoms with van der Waals surface area (Å²) in [6.45, 7) is 0.281. The van der Waals surface area contributed by atoms with Gasteiger partial charge in [-0.05, 0) is 24.7 Å². The summed E-state index contributed by atoms with van der Waals surface area (Å²) in [4.78, 5) is 0.201. The van der Waals surface area contributed by atoms with Gasteiger partial charge in [-0.1, -0.05) is 12.1 Å². The molecule has 0 radical (unpaired) electrons. The van der Waals surface area contributed by atoms with Crippen LogP contribution in [-0.4, -0.2) is 33.7 Å². The fourth-order valence-corrected chi connectivity index (χ4v) is 2.08. The van der Waals surface area contributed by atoms with E-state index in [1.54, 1.807) is 12.1 Å². The smallest absolute Gasteiger partial charge is 0.240 e. The van der Waals surface area contributed by atoms with Crippen LogP contribution in [0.3, 0.4) is 0 Å². The van der Waals surface area contributed by atoms with Crippen LogP contribution in [0.2, 0.25) is 0 Å². The van der Waals surface area contributed by atoms with Crippen molar-refractivity contribution < 1.29 is 13.5 Å². The van der Waals surface area contributed by atoms with Crippen LogP contribution in [0.1, 0.15) is 11.5 Å². The molecule has 1 rings (SSSR count). The average Bonchev–Trinajstić information content (AvgIpc) is 2.31. The van der Waals surface area contributed by atoms with Gasteiger partial charge < -0.3 is 10.8 Å². The molecule has 90 valence electrons. The Hall–Kier alpha value is -0.950. The van der Waals surface area contributed by atoms with Crippen LogP contribution < -0.4 is 10.5 Å². The molecule has 0 fully saturated rings. The van der Waals surface area contributed by atoms with E-state index in [1.807, 2.05) is 0 Å². The Labute approximate surface area is 95.3 Å². The average molecular weight is 244 g/mol. The highest BCUT2D eigenvalue weighted by Gasteiger charge is 2.13. The first-order valence-electron chi connectivity index (χ1n) is 4.89. The van der Waals surface area contributed by atoms with Crippen LogP contribution in [0.15, 0.2) is 29.2 Å². The largest absolute Gasteiger partial charge is 0.396 e. The van der Waals surface area contributed by atoms with Gasteiger partial charge in [-0.25, -0.2) is 13.1 Å². The number of hydrogen-bond donors (Lipinski definition) is 3. The summed E-state index contributed by atoms with van der Waals surface area (Å²) >= 11 is 0. The molecule has 0 amide bonds. The van der Waals surface area contributed by atoms with Crippen molar-refractivity contribution in [3.05, 3.63) is 29.8 Å². The van der Waals surface area contributed by atoms with E-state index in [-0.39, 0.29) is 17.4 Å². The quantitative estimate of drug-likeness (QED) is 0.659. The van der Waals surface area contributed by atoms with Crippen LogP contribution >= 0.6 is 0 Å². The minimum Gasteiger partial charge on any atom is -0.396 e. The monoisotopic (exact) mass is 244 g/mol. The van der Waals surface area contributed by atoms with Crippen molar-refractivity contribution >= 4 is 10.0 Å². The van der Waals surface area contributed by atoms with Crippen molar-refractivity contribution in [1.82, 2.24) is 4.72 Å². The number of hydrogen-bond acceptors (Lipinski definition) is 4. The van der Waals surface area contributed by atoms with Crippen molar-refractivity contribution in [3.63, 3.8) is 0 Å². The highest BCUT2D eigenvalue weighted by atomic mass is 32.2. The van der Waals surface area contributed by atoms with Gasteiger partial charge in [0, 0.05) is 12.5 Å². The molecule has 1 aromatic carbocycles. The molecule has 0 aliphatic heterocycles. The van der Waals surface area contributed by atoms with Gasteiger partial charge in [0.2, 0.25) is 10.0 Å². The van der Waals surface area contributed by atoms with Crippen LogP contribution in [0.5, 0.6) is 0 Å². The molecule has 1 aromatic rings. The molecule has 16 heavy (non-hydrogen) atoms. The van der Waals surface area contributed by atoms with E-state index in [0.717, 1.165) is 5.56 Å². The topological polar surface area (TPSA) is 92.4 Å². The molecular weight excluding hydrogens is 228 g/mol. The summed E-state index contributed by atoms with van der Waals surface area (Å²) in [5, 5.41) is 9.04. The summed E-state index contributed by atoms with van der Waals surface area (Å²) < 4.78 is 25.1. The predicted molar refractivity (Wildman–Crippen MR) is 61.6 cm³/mol. The lowest BCUT2D eigenvalue weighted by Gasteiger charge is -2.12. The second-order valence-electron chi connectivity index (χ2n) is 3.39. The van der Waals surface area contributed by atoms with Gasteiger partial charge in [0.05, 0.1) is 11.5 Å². The molecule has 1 unspecified atom stereocenters. The van der Waals surface area contributed by atoms with E-state index in [0.29, 0.717) is 6.54 Å². The third-order valence-electron chi connectivity index (χ3n) is 2.44. The fourth-order valence-electron chi connectivity index (χ4n) is 1.35. The zero-order valence-electron chi connectivity index (χ0n) is 9.05. The number of aliphatic hydroxyl groups is 1. The molecule has 5 nitrogen and oxygen atoms in total. The third-order valence-corrected chi connectivity index (χ3v) is 3.87. The maximum Gasteiger partial charge on any atom is 0.240 e. The maximum atomic E-state index is 11.4. The number of nitrogens with two attached hydrogens (primary N) is 1. The summed E-state index contributed by atoms with van der Waals surface area (Å²) in [6, 6.07) is 6.33. The molecule has 1 atom stereocenters. The van der Waals surface area contributed by atoms with Gasteiger partial charge >= 0.3 is 0 Å². The van der Waals surface area contributed by atoms with E-state index >= 15 is 0 Å². The third kappa shape index (κ3) is 2.79. The van der Waals surface area contributed by atoms with Crippen LogP contribution in [0.4, 0.5) is 0 Å². The van der Waals surface area contributed by atoms with E-state index in [9.17, 15) is 8.42 Å². The standard InChI is InChI=1S/C10H16N2O3S/c1-12-16(14,15)10-4-2-8(3-5-10)9(6-11)7-13/h2-5,9,12-13H,6-7,11H2,1H3. The SMILES string of the molecule is CNS(=O)(=O)c1ccc(C(CN)CO)cc1. The maximum absolute atomic E-state index is 11.4. The Morgan fingerprint density at radius 1 is 1.38 bits per heavy atom. The predicted octanol–water partition coefficient (Wildman–Crippen LogP) is -0.371. The Morgan fingerprint density at radius 2 is 1.94 bits per heavy atom. The molecule has 0 saturated carbocycles. The normalized spacial score (nSPS) is 13.7. The lowest BCUT2D eigenvalue weighted by molar-refractivity contribution is 0.268. The van der Waals surface area contributed by atoms with Crippen molar-refractivity contribution in [1.29, 1.82) is 0 Å². The summed E-state index contributed by atoms with van der Waals surface area (Å²) in [6.07, 6.45) is 0. The van der Waals surface area contributed by atoms with Crippen LogP contribution in [0, 0.1) is 0 Å². The number of nitrogens with one attached hydrogen (secondary N) is 1. The molecular formula is C10H16N2O3S. The van der Waals surface area contributed by atoms with E-state index in [1.165, 1.54) is 19.2 Å². The highest BCUT2D eigenvalue weighted by molar-refractivity contribution is 7.89. The Balaban J connectivity index is 3.00. The van der Waals surface area contributed by atoms with Gasteiger partial charge in [-0.3, -0.25) is 0 Å². The first-order chi connectivity index (χ1) is 7.55. The lowest BCUT2D eigenvalue weighted by Crippen LogP contribution is -2.19. The number of aliphatic hydroxyl groups excluding tert-OH is 1. The molecule has 0 aliphatic carbocycles. The molecule has 0 bridgehead atoms. The summed E-state index contributed by atoms with van der Waals surface area (Å²) in [5.74, 6) is -0.147. The zero-order valence-corrected chi connectivity index (χ0v) is 9.87. The summed E-state index contributed by atoms with van der Waals surface area (Å²) in [7, 11) is -2.04. The lowest BCUT2D eigenvalue weighted by atomic mass is 10.0. The first kappa shape index (κ1) is 13.1. The zero-order chi connectivity index (χ0) is 12.2. The van der Waals surface area contributed by atoms with Crippen molar-refractivity contribution in [3.8, 4) is 0 Å². The highest BCUT2D eigenvalue weighted by Crippen LogP contribution is 2.16. The minimum absolute atomic E-state index is 0.0470. The van der Waals surface area contributed by atoms with E-state index in [4.69, 9.17) is 10.8 Å². The van der Waals surface area contributed by atoms with Gasteiger partial charge in [0.1, 0.15) is 0 Å². The molecule has 0 aromatic heterocycles. The van der Waals surface area contributed by atoms with Crippen molar-refractivity contribution in [2.75, 3.05) is 20.2 Å². The Bertz CT molecular complexity index is 424. The minimum atomic E-state index is -3.40. The van der Waals surface area contributed by atoms with Gasteiger partial charge in [-0.15, -0.1) is 0 Å². The second-order valence-corrected chi connectivity index (χ2v) is 5.28. The Kier molecular flexibility index (Phi) is 4.43. The number of sulfonamides is 1. The van der Waals surface area contributed by atoms with Crippen molar-refractivity contribution in [2.24, 2.45) is 5.73 Å². The van der Waals surface area contributed by atoms with E-state index < -0.39 is 10.0 Å². The second kappa shape index (κ2) is 5.40. The molecule has 0 heterocycles. The molecule has 0 saturated heterocycles. The van der Waals surface area contributed by atoms with Gasteiger partial charge in [0.25, 0.3) is 0 Å². The van der Waals surface area contributed by atoms with Gasteiger partial charge in [-0.2, -0.15) is 0 Å². The summed E-state index contributed by atoms with van der Waals surface area (Å²) in [5.41, 5.74) is 6.31.